The largest absolute Gasteiger partial charge is 0.475 e. The van der Waals surface area contributed by atoms with Crippen molar-refractivity contribution in [3.05, 3.63) is 0 Å². The van der Waals surface area contributed by atoms with Gasteiger partial charge in [0, 0.05) is 6.42 Å². The summed E-state index contributed by atoms with van der Waals surface area (Å²) in [6, 6.07) is 0. The number of ketones is 1. The van der Waals surface area contributed by atoms with Crippen LogP contribution in [-0.2, 0) is 42.7 Å². The quantitative estimate of drug-likeness (QED) is 0.0688. The van der Waals surface area contributed by atoms with E-state index in [9.17, 15) is 81.1 Å². The zero-order valence-electron chi connectivity index (χ0n) is 27.0. The Bertz CT molecular complexity index is 1160. The minimum atomic E-state index is -2.23. The van der Waals surface area contributed by atoms with Gasteiger partial charge in [-0.15, -0.1) is 0 Å². The van der Waals surface area contributed by atoms with Gasteiger partial charge in [-0.3, -0.25) is 4.79 Å². The van der Waals surface area contributed by atoms with Crippen LogP contribution in [0.4, 0.5) is 0 Å². The van der Waals surface area contributed by atoms with Crippen LogP contribution in [-0.4, -0.2) is 244 Å². The zero-order valence-corrected chi connectivity index (χ0v) is 27.0. The van der Waals surface area contributed by atoms with Crippen LogP contribution in [0.5, 0.6) is 0 Å². The minimum absolute atomic E-state index is 0.834. The van der Waals surface area contributed by atoms with Crippen molar-refractivity contribution < 1.29 is 119 Å². The van der Waals surface area contributed by atoms with Gasteiger partial charge in [-0.1, -0.05) is 0 Å². The summed E-state index contributed by atoms with van der Waals surface area (Å²) in [5.41, 5.74) is 0. The lowest BCUT2D eigenvalue weighted by Crippen LogP contribution is -2.68. The molecule has 0 aliphatic carbocycles. The molecular weight excluding hydrogens is 720 g/mol. The number of ether oxygens (including phenoxy) is 7. The van der Waals surface area contributed by atoms with Crippen LogP contribution in [0, 0.1) is 0 Å². The van der Waals surface area contributed by atoms with Crippen LogP contribution in [0.1, 0.15) is 6.42 Å². The number of carbonyl (C=O) groups excluding carboxylic acids is 1. The number of carboxylic acid groups (broad SMARTS) is 1. The van der Waals surface area contributed by atoms with E-state index in [4.69, 9.17) is 38.3 Å². The Labute approximate surface area is 293 Å². The molecule has 52 heavy (non-hydrogen) atoms. The maximum atomic E-state index is 12.0. The molecule has 0 aromatic carbocycles. The van der Waals surface area contributed by atoms with E-state index in [1.807, 2.05) is 0 Å². The number of hydrogen-bond acceptors (Lipinski definition) is 23. The molecule has 4 aliphatic rings. The molecule has 0 unspecified atom stereocenters. The lowest BCUT2D eigenvalue weighted by Gasteiger charge is -2.49. The lowest BCUT2D eigenvalue weighted by atomic mass is 9.93. The van der Waals surface area contributed by atoms with E-state index >= 15 is 0 Å². The van der Waals surface area contributed by atoms with E-state index in [0.29, 0.717) is 0 Å². The van der Waals surface area contributed by atoms with Gasteiger partial charge in [-0.2, -0.15) is 0 Å². The molecule has 0 aromatic rings. The molecule has 4 rings (SSSR count). The molecular formula is C28H46O24. The van der Waals surface area contributed by atoms with Gasteiger partial charge in [-0.25, -0.2) is 4.79 Å². The van der Waals surface area contributed by atoms with Crippen LogP contribution in [0.25, 0.3) is 0 Å². The third-order valence-corrected chi connectivity index (χ3v) is 9.25. The molecule has 0 aromatic heterocycles. The fraction of sp³-hybridized carbons (Fsp3) is 0.929. The first kappa shape index (κ1) is 43.0. The first-order chi connectivity index (χ1) is 24.5. The Morgan fingerprint density at radius 3 is 1.35 bits per heavy atom. The van der Waals surface area contributed by atoms with E-state index in [0.717, 1.165) is 0 Å². The van der Waals surface area contributed by atoms with Crippen molar-refractivity contribution in [3.63, 3.8) is 0 Å². The predicted octanol–water partition coefficient (Wildman–Crippen LogP) is -10.3. The van der Waals surface area contributed by atoms with Gasteiger partial charge in [0.2, 0.25) is 5.78 Å². The molecule has 0 bridgehead atoms. The summed E-state index contributed by atoms with van der Waals surface area (Å²) in [5.74, 6) is -3.25. The predicted molar refractivity (Wildman–Crippen MR) is 155 cm³/mol. The van der Waals surface area contributed by atoms with Crippen molar-refractivity contribution in [1.29, 1.82) is 0 Å². The van der Waals surface area contributed by atoms with E-state index in [1.54, 1.807) is 0 Å². The monoisotopic (exact) mass is 766 g/mol. The van der Waals surface area contributed by atoms with Gasteiger partial charge < -0.3 is 110 Å². The fourth-order valence-corrected chi connectivity index (χ4v) is 6.32. The van der Waals surface area contributed by atoms with Gasteiger partial charge >= 0.3 is 5.97 Å². The van der Waals surface area contributed by atoms with Crippen LogP contribution >= 0.6 is 0 Å². The number of aliphatic carboxylic acids is 1. The van der Waals surface area contributed by atoms with Crippen LogP contribution in [0.2, 0.25) is 0 Å². The lowest BCUT2D eigenvalue weighted by molar-refractivity contribution is -0.389. The molecule has 0 amide bonds. The van der Waals surface area contributed by atoms with Crippen molar-refractivity contribution in [2.45, 2.75) is 135 Å². The van der Waals surface area contributed by atoms with E-state index in [-0.39, 0.29) is 0 Å². The van der Waals surface area contributed by atoms with E-state index in [2.05, 4.69) is 0 Å². The van der Waals surface area contributed by atoms with Crippen molar-refractivity contribution >= 4 is 11.8 Å². The summed E-state index contributed by atoms with van der Waals surface area (Å²) in [6.07, 6.45) is -41.4. The Morgan fingerprint density at radius 1 is 0.500 bits per heavy atom. The van der Waals surface area contributed by atoms with Crippen LogP contribution < -0.4 is 0 Å². The highest BCUT2D eigenvalue weighted by atomic mass is 16.8. The van der Waals surface area contributed by atoms with E-state index < -0.39 is 173 Å². The molecule has 0 saturated carbocycles. The van der Waals surface area contributed by atoms with E-state index in [1.165, 1.54) is 0 Å². The van der Waals surface area contributed by atoms with Gasteiger partial charge in [0.25, 0.3) is 0 Å². The average molecular weight is 767 g/mol. The number of aliphatic hydroxyl groups is 14. The number of Topliss-reactive ketones (excluding diaryl/α,β-unsaturated/α-hetero) is 1. The highest BCUT2D eigenvalue weighted by Gasteiger charge is 2.57. The molecule has 0 spiro atoms. The first-order valence-corrected chi connectivity index (χ1v) is 16.1. The second-order valence-corrected chi connectivity index (χ2v) is 12.7. The zero-order chi connectivity index (χ0) is 38.8. The Balaban J connectivity index is 1.62. The molecule has 24 nitrogen and oxygen atoms in total. The highest BCUT2D eigenvalue weighted by Crippen LogP contribution is 2.36. The standard InChI is InChI=1S/C28H46O24/c29-2-7(34)20-17(41)24(18(42)27(48-20)50-22-9(1-6(33)25(44)45)46-11(5-32)13(22)37)52-28-19(43)23(16(40)21(49-28)8(35)3-30)51-26-15(39)14(38)12(36)10(4-31)47-26/h7-24,26-32,34-43H,1-5H2,(H,44,45)/t7-,8-,9+,10+,11+,12+,13+,14-,15+,16+,17+,18-,19-,20+,21+,22+,23-,24-,26+,27+,28+/m0/s1. The van der Waals surface area contributed by atoms with Crippen molar-refractivity contribution in [2.75, 3.05) is 26.4 Å². The van der Waals surface area contributed by atoms with Crippen LogP contribution in [0.15, 0.2) is 0 Å². The topological polar surface area (TPSA) is 402 Å². The third kappa shape index (κ3) is 8.88. The second kappa shape index (κ2) is 18.3. The Kier molecular flexibility index (Phi) is 15.1. The normalized spacial score (nSPS) is 46.8. The molecule has 24 heteroatoms. The number of hydrogen-bond donors (Lipinski definition) is 15. The third-order valence-electron chi connectivity index (χ3n) is 9.25. The molecule has 4 aliphatic heterocycles. The summed E-state index contributed by atoms with van der Waals surface area (Å²) in [7, 11) is 0. The number of carbonyl (C=O) groups is 2. The number of rotatable bonds is 15. The summed E-state index contributed by atoms with van der Waals surface area (Å²) in [5, 5.41) is 154. The maximum absolute atomic E-state index is 12.0. The van der Waals surface area contributed by atoms with Gasteiger partial charge in [0.1, 0.15) is 104 Å². The molecule has 15 N–H and O–H groups in total. The summed E-state index contributed by atoms with van der Waals surface area (Å²) in [4.78, 5) is 23.1. The molecule has 21 atom stereocenters. The van der Waals surface area contributed by atoms with Crippen molar-refractivity contribution in [1.82, 2.24) is 0 Å². The number of carboxylic acids is 1. The molecule has 4 fully saturated rings. The molecule has 4 heterocycles. The van der Waals surface area contributed by atoms with Crippen molar-refractivity contribution in [3.8, 4) is 0 Å². The molecule has 4 saturated heterocycles. The van der Waals surface area contributed by atoms with Crippen molar-refractivity contribution in [2.24, 2.45) is 0 Å². The van der Waals surface area contributed by atoms with Gasteiger partial charge in [0.05, 0.1) is 32.5 Å². The molecule has 0 radical (unpaired) electrons. The summed E-state index contributed by atoms with van der Waals surface area (Å²) in [6.45, 7) is -3.85. The molecule has 302 valence electrons. The smallest absolute Gasteiger partial charge is 0.372 e. The first-order valence-electron chi connectivity index (χ1n) is 16.1. The van der Waals surface area contributed by atoms with Gasteiger partial charge in [-0.05, 0) is 0 Å². The fourth-order valence-electron chi connectivity index (χ4n) is 6.32. The Hall–Kier alpha value is -1.70. The number of aliphatic hydroxyl groups excluding tert-OH is 14. The van der Waals surface area contributed by atoms with Gasteiger partial charge in [0.15, 0.2) is 18.9 Å². The minimum Gasteiger partial charge on any atom is -0.475 e. The summed E-state index contributed by atoms with van der Waals surface area (Å²) < 4.78 is 38.4. The average Bonchev–Trinajstić information content (AvgIpc) is 3.42. The highest BCUT2D eigenvalue weighted by molar-refractivity contribution is 6.32. The maximum Gasteiger partial charge on any atom is 0.372 e. The SMILES string of the molecule is O=C(O)C(=O)C[C@H]1O[C@H](CO)[C@@H](O)[C@@H]1O[C@H]1O[C@H]([C@@H](O)CO)[C@@H](O)[C@H](O[C@H]2O[C@H]([C@@H](O)CO)[C@@H](O)[C@H](O[C@H]3O[C@H](CO)[C@@H](O)[C@H](O)[C@H]3O)[C@@H]2O)[C@@H]1O. The Morgan fingerprint density at radius 2 is 0.923 bits per heavy atom. The second-order valence-electron chi connectivity index (χ2n) is 12.7. The van der Waals surface area contributed by atoms with Crippen LogP contribution in [0.3, 0.4) is 0 Å². The summed E-state index contributed by atoms with van der Waals surface area (Å²) >= 11 is 0.